The largest absolute Gasteiger partial charge is 0.494 e. The Labute approximate surface area is 126 Å². The van der Waals surface area contributed by atoms with Crippen molar-refractivity contribution in [3.8, 4) is 5.75 Å². The summed E-state index contributed by atoms with van der Waals surface area (Å²) in [5.74, 6) is 0.630. The van der Waals surface area contributed by atoms with Crippen molar-refractivity contribution in [1.29, 1.82) is 0 Å². The van der Waals surface area contributed by atoms with Crippen LogP contribution in [-0.4, -0.2) is 30.4 Å². The zero-order valence-electron chi connectivity index (χ0n) is 12.6. The molecule has 1 aromatic carbocycles. The third-order valence-corrected chi connectivity index (χ3v) is 3.98. The minimum Gasteiger partial charge on any atom is -0.494 e. The van der Waals surface area contributed by atoms with Crippen LogP contribution in [0.3, 0.4) is 0 Å². The SMILES string of the molecule is CC1CCC(OCCCOc2ccc(C(=O)O)cc2)CC1. The Morgan fingerprint density at radius 1 is 1.14 bits per heavy atom. The number of benzene rings is 1. The van der Waals surface area contributed by atoms with Crippen LogP contribution in [-0.2, 0) is 4.74 Å². The number of carboxylic acids is 1. The van der Waals surface area contributed by atoms with Crippen LogP contribution in [0.5, 0.6) is 5.75 Å². The monoisotopic (exact) mass is 292 g/mol. The number of rotatable bonds is 7. The van der Waals surface area contributed by atoms with Gasteiger partial charge in [0.2, 0.25) is 0 Å². The van der Waals surface area contributed by atoms with Crippen molar-refractivity contribution in [3.63, 3.8) is 0 Å². The Morgan fingerprint density at radius 2 is 1.81 bits per heavy atom. The predicted molar refractivity (Wildman–Crippen MR) is 80.9 cm³/mol. The lowest BCUT2D eigenvalue weighted by Gasteiger charge is -2.26. The van der Waals surface area contributed by atoms with E-state index in [0.717, 1.165) is 18.9 Å². The van der Waals surface area contributed by atoms with Crippen LogP contribution < -0.4 is 4.74 Å². The number of carboxylic acid groups (broad SMARTS) is 1. The molecule has 0 bridgehead atoms. The van der Waals surface area contributed by atoms with Crippen molar-refractivity contribution in [2.75, 3.05) is 13.2 Å². The highest BCUT2D eigenvalue weighted by Crippen LogP contribution is 2.25. The normalized spacial score (nSPS) is 22.0. The van der Waals surface area contributed by atoms with E-state index in [0.29, 0.717) is 18.5 Å². The first kappa shape index (κ1) is 15.8. The number of ether oxygens (including phenoxy) is 2. The molecule has 2 rings (SSSR count). The third-order valence-electron chi connectivity index (χ3n) is 3.98. The minimum atomic E-state index is -0.920. The Hall–Kier alpha value is -1.55. The lowest BCUT2D eigenvalue weighted by molar-refractivity contribution is 0.0146. The fourth-order valence-corrected chi connectivity index (χ4v) is 2.59. The molecule has 0 unspecified atom stereocenters. The highest BCUT2D eigenvalue weighted by atomic mass is 16.5. The summed E-state index contributed by atoms with van der Waals surface area (Å²) in [6.45, 7) is 3.63. The third kappa shape index (κ3) is 5.38. The molecule has 0 heterocycles. The number of carbonyl (C=O) groups is 1. The van der Waals surface area contributed by atoms with Gasteiger partial charge in [0.05, 0.1) is 24.9 Å². The molecule has 1 aliphatic rings. The standard InChI is InChI=1S/C17H24O4/c1-13-3-7-15(8-4-13)20-11-2-12-21-16-9-5-14(6-10-16)17(18)19/h5-6,9-10,13,15H,2-4,7-8,11-12H2,1H3,(H,18,19). The highest BCUT2D eigenvalue weighted by Gasteiger charge is 2.18. The molecule has 1 aliphatic carbocycles. The summed E-state index contributed by atoms with van der Waals surface area (Å²) in [6, 6.07) is 6.48. The Bertz CT molecular complexity index is 433. The van der Waals surface area contributed by atoms with Crippen LogP contribution in [0.25, 0.3) is 0 Å². The fourth-order valence-electron chi connectivity index (χ4n) is 2.59. The molecule has 0 spiro atoms. The van der Waals surface area contributed by atoms with Crippen molar-refractivity contribution in [1.82, 2.24) is 0 Å². The summed E-state index contributed by atoms with van der Waals surface area (Å²) in [4.78, 5) is 10.7. The first-order valence-electron chi connectivity index (χ1n) is 7.73. The summed E-state index contributed by atoms with van der Waals surface area (Å²) in [5, 5.41) is 8.80. The first-order valence-corrected chi connectivity index (χ1v) is 7.73. The van der Waals surface area contributed by atoms with E-state index in [1.165, 1.54) is 25.7 Å². The van der Waals surface area contributed by atoms with Gasteiger partial charge >= 0.3 is 5.97 Å². The van der Waals surface area contributed by atoms with Gasteiger partial charge in [-0.2, -0.15) is 0 Å². The molecule has 1 saturated carbocycles. The molecular weight excluding hydrogens is 268 g/mol. The van der Waals surface area contributed by atoms with Crippen molar-refractivity contribution in [3.05, 3.63) is 29.8 Å². The van der Waals surface area contributed by atoms with E-state index in [9.17, 15) is 4.79 Å². The Morgan fingerprint density at radius 3 is 2.43 bits per heavy atom. The highest BCUT2D eigenvalue weighted by molar-refractivity contribution is 5.87. The zero-order valence-corrected chi connectivity index (χ0v) is 12.6. The van der Waals surface area contributed by atoms with E-state index >= 15 is 0 Å². The summed E-state index contributed by atoms with van der Waals surface area (Å²) in [7, 11) is 0. The van der Waals surface area contributed by atoms with E-state index in [1.807, 2.05) is 0 Å². The van der Waals surface area contributed by atoms with Gasteiger partial charge in [-0.3, -0.25) is 0 Å². The average molecular weight is 292 g/mol. The van der Waals surface area contributed by atoms with Gasteiger partial charge in [-0.25, -0.2) is 4.79 Å². The van der Waals surface area contributed by atoms with Gasteiger partial charge in [0.25, 0.3) is 0 Å². The van der Waals surface area contributed by atoms with Crippen molar-refractivity contribution < 1.29 is 19.4 Å². The zero-order chi connectivity index (χ0) is 15.1. The van der Waals surface area contributed by atoms with E-state index in [2.05, 4.69) is 6.92 Å². The van der Waals surface area contributed by atoms with Gasteiger partial charge in [0, 0.05) is 6.42 Å². The second kappa shape index (κ2) is 8.03. The molecule has 116 valence electrons. The summed E-state index contributed by atoms with van der Waals surface area (Å²) >= 11 is 0. The van der Waals surface area contributed by atoms with E-state index in [1.54, 1.807) is 24.3 Å². The van der Waals surface area contributed by atoms with Gasteiger partial charge in [-0.15, -0.1) is 0 Å². The van der Waals surface area contributed by atoms with Crippen molar-refractivity contribution >= 4 is 5.97 Å². The molecule has 0 aliphatic heterocycles. The molecule has 1 N–H and O–H groups in total. The van der Waals surface area contributed by atoms with Gasteiger partial charge < -0.3 is 14.6 Å². The van der Waals surface area contributed by atoms with Gasteiger partial charge in [0.1, 0.15) is 5.75 Å². The lowest BCUT2D eigenvalue weighted by atomic mass is 9.89. The van der Waals surface area contributed by atoms with Crippen LogP contribution in [0, 0.1) is 5.92 Å². The first-order chi connectivity index (χ1) is 10.1. The Kier molecular flexibility index (Phi) is 6.05. The quantitative estimate of drug-likeness (QED) is 0.778. The molecular formula is C17H24O4. The molecule has 0 atom stereocenters. The van der Waals surface area contributed by atoms with Gasteiger partial charge in [-0.1, -0.05) is 6.92 Å². The molecule has 0 aromatic heterocycles. The second-order valence-electron chi connectivity index (χ2n) is 5.78. The smallest absolute Gasteiger partial charge is 0.335 e. The molecule has 4 nitrogen and oxygen atoms in total. The molecule has 4 heteroatoms. The van der Waals surface area contributed by atoms with Gasteiger partial charge in [0.15, 0.2) is 0 Å². The van der Waals surface area contributed by atoms with Crippen molar-refractivity contribution in [2.24, 2.45) is 5.92 Å². The summed E-state index contributed by atoms with van der Waals surface area (Å²) in [5.41, 5.74) is 0.275. The van der Waals surface area contributed by atoms with E-state index < -0.39 is 5.97 Å². The summed E-state index contributed by atoms with van der Waals surface area (Å²) in [6.07, 6.45) is 6.19. The molecule has 0 saturated heterocycles. The fraction of sp³-hybridized carbons (Fsp3) is 0.588. The van der Waals surface area contributed by atoms with Gasteiger partial charge in [-0.05, 0) is 55.9 Å². The molecule has 1 fully saturated rings. The maximum atomic E-state index is 10.7. The number of hydrogen-bond donors (Lipinski definition) is 1. The van der Waals surface area contributed by atoms with Crippen LogP contribution in [0.15, 0.2) is 24.3 Å². The molecule has 21 heavy (non-hydrogen) atoms. The second-order valence-corrected chi connectivity index (χ2v) is 5.78. The van der Waals surface area contributed by atoms with E-state index in [4.69, 9.17) is 14.6 Å². The van der Waals surface area contributed by atoms with Crippen LogP contribution in [0.1, 0.15) is 49.4 Å². The molecule has 1 aromatic rings. The number of hydrogen-bond acceptors (Lipinski definition) is 3. The topological polar surface area (TPSA) is 55.8 Å². The molecule has 0 radical (unpaired) electrons. The maximum absolute atomic E-state index is 10.7. The van der Waals surface area contributed by atoms with Crippen LogP contribution >= 0.6 is 0 Å². The predicted octanol–water partition coefficient (Wildman–Crippen LogP) is 3.75. The summed E-state index contributed by atoms with van der Waals surface area (Å²) < 4.78 is 11.4. The Balaban J connectivity index is 1.58. The average Bonchev–Trinajstić information content (AvgIpc) is 2.49. The minimum absolute atomic E-state index is 0.275. The van der Waals surface area contributed by atoms with Crippen LogP contribution in [0.4, 0.5) is 0 Å². The van der Waals surface area contributed by atoms with Crippen LogP contribution in [0.2, 0.25) is 0 Å². The lowest BCUT2D eigenvalue weighted by Crippen LogP contribution is -2.21. The van der Waals surface area contributed by atoms with E-state index in [-0.39, 0.29) is 5.56 Å². The van der Waals surface area contributed by atoms with Crippen molar-refractivity contribution in [2.45, 2.75) is 45.1 Å². The molecule has 0 amide bonds. The maximum Gasteiger partial charge on any atom is 0.335 e. The number of aromatic carboxylic acids is 1.